The quantitative estimate of drug-likeness (QED) is 0.635. The van der Waals surface area contributed by atoms with Gasteiger partial charge in [0.05, 0.1) is 6.54 Å². The molecule has 1 amide bonds. The van der Waals surface area contributed by atoms with Crippen molar-refractivity contribution in [3.63, 3.8) is 0 Å². The van der Waals surface area contributed by atoms with E-state index in [0.717, 1.165) is 6.54 Å². The molecule has 0 aliphatic carbocycles. The van der Waals surface area contributed by atoms with Crippen LogP contribution in [-0.4, -0.2) is 48.1 Å². The van der Waals surface area contributed by atoms with Crippen molar-refractivity contribution in [2.75, 3.05) is 26.2 Å². The van der Waals surface area contributed by atoms with Crippen LogP contribution in [0, 0.1) is 0 Å². The Balaban J connectivity index is 2.46. The number of carbonyl (C=O) groups excluding carboxylic acids is 1. The van der Waals surface area contributed by atoms with Crippen LogP contribution in [0.2, 0.25) is 0 Å². The third-order valence-corrected chi connectivity index (χ3v) is 2.37. The van der Waals surface area contributed by atoms with Gasteiger partial charge in [0.1, 0.15) is 0 Å². The molecule has 1 rings (SSSR count). The Morgan fingerprint density at radius 2 is 2.40 bits per heavy atom. The zero-order valence-corrected chi connectivity index (χ0v) is 8.82. The lowest BCUT2D eigenvalue weighted by Gasteiger charge is -2.25. The monoisotopic (exact) mass is 212 g/mol. The fourth-order valence-electron chi connectivity index (χ4n) is 1.47. The summed E-state index contributed by atoms with van der Waals surface area (Å²) in [6.07, 6.45) is 2.19. The van der Waals surface area contributed by atoms with Crippen molar-refractivity contribution in [3.05, 3.63) is 11.6 Å². The summed E-state index contributed by atoms with van der Waals surface area (Å²) in [4.78, 5) is 23.7. The van der Waals surface area contributed by atoms with Crippen LogP contribution in [0.5, 0.6) is 0 Å². The summed E-state index contributed by atoms with van der Waals surface area (Å²) in [6.45, 7) is 4.11. The van der Waals surface area contributed by atoms with Crippen LogP contribution < -0.4 is 5.32 Å². The molecular weight excluding hydrogens is 196 g/mol. The van der Waals surface area contributed by atoms with E-state index in [0.29, 0.717) is 31.6 Å². The predicted molar refractivity (Wildman–Crippen MR) is 55.5 cm³/mol. The van der Waals surface area contributed by atoms with E-state index in [9.17, 15) is 9.59 Å². The number of rotatable bonds is 4. The maximum absolute atomic E-state index is 11.0. The van der Waals surface area contributed by atoms with Crippen LogP contribution in [0.25, 0.3) is 0 Å². The van der Waals surface area contributed by atoms with Gasteiger partial charge in [0.2, 0.25) is 5.91 Å². The van der Waals surface area contributed by atoms with Crippen LogP contribution in [0.15, 0.2) is 11.6 Å². The second-order valence-corrected chi connectivity index (χ2v) is 3.47. The number of amides is 1. The topological polar surface area (TPSA) is 69.6 Å². The number of nitrogens with one attached hydrogen (secondary N) is 1. The van der Waals surface area contributed by atoms with Crippen molar-refractivity contribution >= 4 is 11.9 Å². The van der Waals surface area contributed by atoms with E-state index in [4.69, 9.17) is 5.11 Å². The first kappa shape index (κ1) is 11.7. The van der Waals surface area contributed by atoms with Gasteiger partial charge in [-0.25, -0.2) is 4.79 Å². The lowest BCUT2D eigenvalue weighted by atomic mass is 10.2. The molecule has 2 N–H and O–H groups in total. The predicted octanol–water partition coefficient (Wildman–Crippen LogP) is -0.161. The Morgan fingerprint density at radius 1 is 1.67 bits per heavy atom. The molecule has 0 radical (unpaired) electrons. The summed E-state index contributed by atoms with van der Waals surface area (Å²) in [5.41, 5.74) is 0.404. The molecule has 15 heavy (non-hydrogen) atoms. The standard InChI is InChI=1S/C10H16N2O3/c1-2-8(10(14)15)3-5-12-6-4-11-9(13)7-12/h3H,2,4-7H2,1H3,(H,11,13)(H,14,15). The molecule has 1 saturated heterocycles. The number of nitrogens with zero attached hydrogens (tertiary/aromatic N) is 1. The minimum absolute atomic E-state index is 0.00280. The van der Waals surface area contributed by atoms with Crippen molar-refractivity contribution in [1.82, 2.24) is 10.2 Å². The highest BCUT2D eigenvalue weighted by molar-refractivity contribution is 5.86. The Hall–Kier alpha value is -1.36. The second kappa shape index (κ2) is 5.50. The van der Waals surface area contributed by atoms with E-state index in [1.54, 1.807) is 6.08 Å². The molecular formula is C10H16N2O3. The van der Waals surface area contributed by atoms with Gasteiger partial charge in [0, 0.05) is 25.2 Å². The zero-order chi connectivity index (χ0) is 11.3. The van der Waals surface area contributed by atoms with Crippen LogP contribution >= 0.6 is 0 Å². The van der Waals surface area contributed by atoms with E-state index >= 15 is 0 Å². The molecule has 0 aromatic heterocycles. The first-order valence-corrected chi connectivity index (χ1v) is 5.05. The molecule has 5 heteroatoms. The molecule has 1 fully saturated rings. The number of hydrogen-bond acceptors (Lipinski definition) is 3. The number of carboxylic acid groups (broad SMARTS) is 1. The van der Waals surface area contributed by atoms with Gasteiger partial charge in [0.15, 0.2) is 0 Å². The summed E-state index contributed by atoms with van der Waals surface area (Å²) in [6, 6.07) is 0. The maximum atomic E-state index is 11.0. The summed E-state index contributed by atoms with van der Waals surface area (Å²) in [5.74, 6) is -0.873. The molecule has 0 atom stereocenters. The van der Waals surface area contributed by atoms with Gasteiger partial charge < -0.3 is 10.4 Å². The van der Waals surface area contributed by atoms with Crippen LogP contribution in [0.3, 0.4) is 0 Å². The molecule has 1 aliphatic heterocycles. The first-order valence-electron chi connectivity index (χ1n) is 5.05. The fraction of sp³-hybridized carbons (Fsp3) is 0.600. The zero-order valence-electron chi connectivity index (χ0n) is 8.82. The highest BCUT2D eigenvalue weighted by Crippen LogP contribution is 2.02. The Morgan fingerprint density at radius 3 is 2.93 bits per heavy atom. The van der Waals surface area contributed by atoms with E-state index in [-0.39, 0.29) is 5.91 Å². The highest BCUT2D eigenvalue weighted by Gasteiger charge is 2.15. The number of carboxylic acids is 1. The first-order chi connectivity index (χ1) is 7.13. The third-order valence-electron chi connectivity index (χ3n) is 2.37. The summed E-state index contributed by atoms with van der Waals surface area (Å²) < 4.78 is 0. The molecule has 0 aromatic rings. The minimum atomic E-state index is -0.876. The lowest BCUT2D eigenvalue weighted by Crippen LogP contribution is -2.47. The summed E-state index contributed by atoms with van der Waals surface area (Å²) in [5, 5.41) is 11.5. The maximum Gasteiger partial charge on any atom is 0.331 e. The van der Waals surface area contributed by atoms with Crippen molar-refractivity contribution in [2.24, 2.45) is 0 Å². The molecule has 0 saturated carbocycles. The molecule has 0 aromatic carbocycles. The molecule has 0 spiro atoms. The van der Waals surface area contributed by atoms with Crippen molar-refractivity contribution < 1.29 is 14.7 Å². The molecule has 5 nitrogen and oxygen atoms in total. The van der Waals surface area contributed by atoms with Crippen molar-refractivity contribution in [1.29, 1.82) is 0 Å². The van der Waals surface area contributed by atoms with Gasteiger partial charge in [-0.2, -0.15) is 0 Å². The van der Waals surface area contributed by atoms with Gasteiger partial charge in [-0.15, -0.1) is 0 Å². The fourth-order valence-corrected chi connectivity index (χ4v) is 1.47. The average molecular weight is 212 g/mol. The van der Waals surface area contributed by atoms with Crippen molar-refractivity contribution in [2.45, 2.75) is 13.3 Å². The van der Waals surface area contributed by atoms with Gasteiger partial charge in [-0.05, 0) is 6.42 Å². The number of piperazine rings is 1. The van der Waals surface area contributed by atoms with E-state index in [1.165, 1.54) is 0 Å². The minimum Gasteiger partial charge on any atom is -0.478 e. The van der Waals surface area contributed by atoms with Gasteiger partial charge in [-0.1, -0.05) is 13.0 Å². The van der Waals surface area contributed by atoms with Gasteiger partial charge in [0.25, 0.3) is 0 Å². The third kappa shape index (κ3) is 3.71. The Kier molecular flexibility index (Phi) is 4.30. The molecule has 84 valence electrons. The van der Waals surface area contributed by atoms with Gasteiger partial charge in [-0.3, -0.25) is 9.69 Å². The summed E-state index contributed by atoms with van der Waals surface area (Å²) >= 11 is 0. The smallest absolute Gasteiger partial charge is 0.331 e. The average Bonchev–Trinajstić information content (AvgIpc) is 2.18. The SMILES string of the molecule is CCC(=CCN1CCNC(=O)C1)C(=O)O. The van der Waals surface area contributed by atoms with Gasteiger partial charge >= 0.3 is 5.97 Å². The number of aliphatic carboxylic acids is 1. The molecule has 0 unspecified atom stereocenters. The van der Waals surface area contributed by atoms with Crippen LogP contribution in [-0.2, 0) is 9.59 Å². The molecule has 1 aliphatic rings. The molecule has 1 heterocycles. The van der Waals surface area contributed by atoms with Crippen molar-refractivity contribution in [3.8, 4) is 0 Å². The lowest BCUT2D eigenvalue weighted by molar-refractivity contribution is -0.132. The Labute approximate surface area is 88.8 Å². The number of carbonyl (C=O) groups is 2. The largest absolute Gasteiger partial charge is 0.478 e. The normalized spacial score (nSPS) is 18.7. The highest BCUT2D eigenvalue weighted by atomic mass is 16.4. The number of hydrogen-bond donors (Lipinski definition) is 2. The van der Waals surface area contributed by atoms with E-state index in [2.05, 4.69) is 5.32 Å². The van der Waals surface area contributed by atoms with E-state index < -0.39 is 5.97 Å². The Bertz CT molecular complexity index is 286. The van der Waals surface area contributed by atoms with E-state index in [1.807, 2.05) is 11.8 Å². The summed E-state index contributed by atoms with van der Waals surface area (Å²) in [7, 11) is 0. The second-order valence-electron chi connectivity index (χ2n) is 3.47. The van der Waals surface area contributed by atoms with Crippen LogP contribution in [0.1, 0.15) is 13.3 Å². The molecule has 0 bridgehead atoms. The van der Waals surface area contributed by atoms with Crippen LogP contribution in [0.4, 0.5) is 0 Å².